The summed E-state index contributed by atoms with van der Waals surface area (Å²) in [6.45, 7) is 4.77. The maximum absolute atomic E-state index is 2.57. The summed E-state index contributed by atoms with van der Waals surface area (Å²) >= 11 is 0. The van der Waals surface area contributed by atoms with Gasteiger partial charge in [0.25, 0.3) is 0 Å². The molecule has 0 bridgehead atoms. The highest BCUT2D eigenvalue weighted by Crippen LogP contribution is 2.64. The van der Waals surface area contributed by atoms with E-state index in [2.05, 4.69) is 219 Å². The fourth-order valence-corrected chi connectivity index (χ4v) is 12.1. The van der Waals surface area contributed by atoms with Crippen molar-refractivity contribution in [3.05, 3.63) is 245 Å². The largest absolute Gasteiger partial charge is 0.310 e. The van der Waals surface area contributed by atoms with Gasteiger partial charge in [-0.15, -0.1) is 0 Å². The molecule has 9 aromatic carbocycles. The first-order valence-electron chi connectivity index (χ1n) is 22.8. The van der Waals surface area contributed by atoms with E-state index in [4.69, 9.17) is 0 Å². The van der Waals surface area contributed by atoms with Crippen LogP contribution in [-0.4, -0.2) is 0 Å². The third kappa shape index (κ3) is 5.17. The van der Waals surface area contributed by atoms with Crippen molar-refractivity contribution in [1.29, 1.82) is 0 Å². The maximum Gasteiger partial charge on any atom is 0.0726 e. The molecule has 0 atom stereocenters. The molecule has 0 saturated heterocycles. The van der Waals surface area contributed by atoms with Gasteiger partial charge in [0.2, 0.25) is 0 Å². The van der Waals surface area contributed by atoms with Crippen LogP contribution in [-0.2, 0) is 23.7 Å². The summed E-state index contributed by atoms with van der Waals surface area (Å²) < 4.78 is 0. The number of hydrogen-bond acceptors (Lipinski definition) is 1. The lowest BCUT2D eigenvalue weighted by Gasteiger charge is -2.33. The number of fused-ring (bicyclic) bond motifs is 14. The number of benzene rings is 9. The normalized spacial score (nSPS) is 15.1. The Hall–Kier alpha value is -7.22. The van der Waals surface area contributed by atoms with E-state index >= 15 is 0 Å². The Morgan fingerprint density at radius 2 is 0.857 bits per heavy atom. The molecule has 1 spiro atoms. The molecule has 9 aromatic rings. The standard InChI is InChI=1S/C62H47N/c1-61(2)54-24-12-8-20-47(54)51-35-34-46(37-58(51)61)63(45-18-4-3-5-19-45)60-39-59-53(38-52(60)42-31-28-41(29-32-42)44-33-30-40-16-6-7-17-43(40)36-44)50-23-11-15-27-57(50)62(59)55-25-13-9-21-48(55)49-22-10-14-26-56(49)62/h3-5,8-15,18-39H,6-7,16-17H2,1-2H3. The van der Waals surface area contributed by atoms with Crippen molar-refractivity contribution in [2.75, 3.05) is 4.90 Å². The summed E-state index contributed by atoms with van der Waals surface area (Å²) in [5, 5.41) is 0. The fraction of sp³-hybridized carbons (Fsp3) is 0.129. The molecule has 0 amide bonds. The Kier molecular flexibility index (Phi) is 7.89. The number of para-hydroxylation sites is 1. The van der Waals surface area contributed by atoms with Crippen LogP contribution in [0.25, 0.3) is 55.6 Å². The molecular formula is C62H47N. The Labute approximate surface area is 371 Å². The van der Waals surface area contributed by atoms with E-state index < -0.39 is 5.41 Å². The number of nitrogens with zero attached hydrogens (tertiary/aromatic N) is 1. The molecule has 0 fully saturated rings. The molecule has 63 heavy (non-hydrogen) atoms. The molecule has 13 rings (SSSR count). The minimum Gasteiger partial charge on any atom is -0.310 e. The third-order valence-corrected chi connectivity index (χ3v) is 15.1. The summed E-state index contributed by atoms with van der Waals surface area (Å²) in [4.78, 5) is 2.54. The van der Waals surface area contributed by atoms with Gasteiger partial charge in [0.1, 0.15) is 0 Å². The molecule has 0 aromatic heterocycles. The zero-order valence-corrected chi connectivity index (χ0v) is 35.8. The van der Waals surface area contributed by atoms with E-state index in [0.717, 1.165) is 11.4 Å². The van der Waals surface area contributed by atoms with Crippen molar-refractivity contribution in [1.82, 2.24) is 0 Å². The van der Waals surface area contributed by atoms with Gasteiger partial charge >= 0.3 is 0 Å². The average molecular weight is 806 g/mol. The number of rotatable bonds is 5. The Morgan fingerprint density at radius 1 is 0.333 bits per heavy atom. The van der Waals surface area contributed by atoms with Gasteiger partial charge in [0.15, 0.2) is 0 Å². The first-order chi connectivity index (χ1) is 31.0. The Bertz CT molecular complexity index is 3270. The molecule has 0 saturated carbocycles. The van der Waals surface area contributed by atoms with Gasteiger partial charge in [-0.1, -0.05) is 178 Å². The van der Waals surface area contributed by atoms with Crippen LogP contribution in [0.2, 0.25) is 0 Å². The van der Waals surface area contributed by atoms with Gasteiger partial charge < -0.3 is 4.90 Å². The topological polar surface area (TPSA) is 3.24 Å². The molecule has 0 radical (unpaired) electrons. The molecule has 4 aliphatic rings. The van der Waals surface area contributed by atoms with Crippen molar-refractivity contribution in [2.24, 2.45) is 0 Å². The second-order valence-electron chi connectivity index (χ2n) is 18.6. The highest BCUT2D eigenvalue weighted by Gasteiger charge is 2.52. The lowest BCUT2D eigenvalue weighted by atomic mass is 9.70. The monoisotopic (exact) mass is 805 g/mol. The minimum atomic E-state index is -0.466. The Morgan fingerprint density at radius 3 is 1.52 bits per heavy atom. The SMILES string of the molecule is CC1(C)c2ccccc2-c2ccc(N(c3ccccc3)c3cc4c(cc3-c3ccc(-c5ccc6c(c5)CCCC6)cc3)-c3ccccc3C43c4ccccc4-c4ccccc43)cc21. The van der Waals surface area contributed by atoms with E-state index in [1.807, 2.05) is 0 Å². The van der Waals surface area contributed by atoms with Crippen molar-refractivity contribution in [3.8, 4) is 55.6 Å². The number of anilines is 3. The van der Waals surface area contributed by atoms with Crippen LogP contribution in [0.1, 0.15) is 71.2 Å². The molecule has 1 nitrogen and oxygen atoms in total. The quantitative estimate of drug-likeness (QED) is 0.167. The van der Waals surface area contributed by atoms with Crippen LogP contribution in [0.4, 0.5) is 17.1 Å². The second-order valence-corrected chi connectivity index (χ2v) is 18.6. The summed E-state index contributed by atoms with van der Waals surface area (Å²) in [5.41, 5.74) is 26.9. The van der Waals surface area contributed by atoms with Crippen LogP contribution in [0.5, 0.6) is 0 Å². The molecule has 0 N–H and O–H groups in total. The van der Waals surface area contributed by atoms with E-state index in [0.29, 0.717) is 0 Å². The number of aryl methyl sites for hydroxylation is 2. The molecule has 0 heterocycles. The highest BCUT2D eigenvalue weighted by molar-refractivity contribution is 6.00. The molecule has 0 unspecified atom stereocenters. The molecule has 300 valence electrons. The number of hydrogen-bond donors (Lipinski definition) is 0. The molecule has 4 aliphatic carbocycles. The van der Waals surface area contributed by atoms with Crippen molar-refractivity contribution >= 4 is 17.1 Å². The summed E-state index contributed by atoms with van der Waals surface area (Å²) in [6, 6.07) is 76.3. The van der Waals surface area contributed by atoms with Gasteiger partial charge in [-0.2, -0.15) is 0 Å². The van der Waals surface area contributed by atoms with E-state index in [-0.39, 0.29) is 5.41 Å². The maximum atomic E-state index is 2.57. The lowest BCUT2D eigenvalue weighted by Crippen LogP contribution is -2.26. The van der Waals surface area contributed by atoms with E-state index in [1.165, 1.54) is 132 Å². The molecule has 0 aliphatic heterocycles. The van der Waals surface area contributed by atoms with Crippen molar-refractivity contribution < 1.29 is 0 Å². The molecular weight excluding hydrogens is 759 g/mol. The van der Waals surface area contributed by atoms with Crippen LogP contribution < -0.4 is 4.90 Å². The van der Waals surface area contributed by atoms with Gasteiger partial charge in [-0.3, -0.25) is 0 Å². The van der Waals surface area contributed by atoms with Gasteiger partial charge in [-0.25, -0.2) is 0 Å². The predicted molar refractivity (Wildman–Crippen MR) is 263 cm³/mol. The first kappa shape index (κ1) is 36.4. The van der Waals surface area contributed by atoms with E-state index in [1.54, 1.807) is 0 Å². The first-order valence-corrected chi connectivity index (χ1v) is 22.8. The van der Waals surface area contributed by atoms with Gasteiger partial charge in [0, 0.05) is 22.4 Å². The highest BCUT2D eigenvalue weighted by atomic mass is 15.1. The van der Waals surface area contributed by atoms with Crippen LogP contribution >= 0.6 is 0 Å². The average Bonchev–Trinajstić information content (AvgIpc) is 3.89. The lowest BCUT2D eigenvalue weighted by molar-refractivity contribution is 0.660. The second kappa shape index (κ2) is 13.6. The van der Waals surface area contributed by atoms with Gasteiger partial charge in [-0.05, 0) is 157 Å². The van der Waals surface area contributed by atoms with Gasteiger partial charge in [0.05, 0.1) is 11.1 Å². The zero-order chi connectivity index (χ0) is 41.9. The summed E-state index contributed by atoms with van der Waals surface area (Å²) in [5.74, 6) is 0. The van der Waals surface area contributed by atoms with Crippen LogP contribution in [0.3, 0.4) is 0 Å². The third-order valence-electron chi connectivity index (χ3n) is 15.1. The Balaban J connectivity index is 1.08. The van der Waals surface area contributed by atoms with E-state index in [9.17, 15) is 0 Å². The van der Waals surface area contributed by atoms with Crippen LogP contribution in [0.15, 0.2) is 200 Å². The van der Waals surface area contributed by atoms with Crippen LogP contribution in [0, 0.1) is 0 Å². The minimum absolute atomic E-state index is 0.138. The van der Waals surface area contributed by atoms with Crippen molar-refractivity contribution in [2.45, 2.75) is 50.4 Å². The molecule has 1 heteroatoms. The zero-order valence-electron chi connectivity index (χ0n) is 35.8. The predicted octanol–water partition coefficient (Wildman–Crippen LogP) is 16.0. The smallest absolute Gasteiger partial charge is 0.0726 e. The summed E-state index contributed by atoms with van der Waals surface area (Å²) in [7, 11) is 0. The van der Waals surface area contributed by atoms with Crippen molar-refractivity contribution in [3.63, 3.8) is 0 Å². The fourth-order valence-electron chi connectivity index (χ4n) is 12.1. The summed E-state index contributed by atoms with van der Waals surface area (Å²) in [6.07, 6.45) is 4.96.